The van der Waals surface area contributed by atoms with Gasteiger partial charge in [-0.15, -0.1) is 0 Å². The molecule has 17 heavy (non-hydrogen) atoms. The first-order chi connectivity index (χ1) is 8.00. The van der Waals surface area contributed by atoms with Crippen molar-refractivity contribution in [2.75, 3.05) is 31.2 Å². The first-order valence-electron chi connectivity index (χ1n) is 6.31. The smallest absolute Gasteiger partial charge is 0.0364 e. The Hall–Kier alpha value is -1.22. The molecule has 1 aromatic carbocycles. The first kappa shape index (κ1) is 13.8. The average Bonchev–Trinajstić information content (AvgIpc) is 2.28. The molecule has 1 rings (SSSR count). The summed E-state index contributed by atoms with van der Waals surface area (Å²) in [5.74, 6) is 0. The van der Waals surface area contributed by atoms with Crippen molar-refractivity contribution in [1.82, 2.24) is 4.90 Å². The number of hydrogen-bond donors (Lipinski definition) is 2. The zero-order valence-electron chi connectivity index (χ0n) is 11.5. The second-order valence-electron chi connectivity index (χ2n) is 4.93. The molecule has 0 aliphatic rings. The van der Waals surface area contributed by atoms with Crippen molar-refractivity contribution in [2.45, 2.75) is 33.2 Å². The first-order valence-corrected chi connectivity index (χ1v) is 6.31. The minimum atomic E-state index is 0.616. The zero-order valence-corrected chi connectivity index (χ0v) is 11.5. The normalized spacial score (nSPS) is 11.2. The third-order valence-electron chi connectivity index (χ3n) is 3.18. The van der Waals surface area contributed by atoms with Crippen molar-refractivity contribution in [3.05, 3.63) is 23.8 Å². The van der Waals surface area contributed by atoms with E-state index in [0.29, 0.717) is 6.04 Å². The maximum atomic E-state index is 5.86. The van der Waals surface area contributed by atoms with Crippen molar-refractivity contribution in [1.29, 1.82) is 0 Å². The summed E-state index contributed by atoms with van der Waals surface area (Å²) < 4.78 is 0. The molecular weight excluding hydrogens is 210 g/mol. The van der Waals surface area contributed by atoms with E-state index < -0.39 is 0 Å². The summed E-state index contributed by atoms with van der Waals surface area (Å²) in [4.78, 5) is 2.35. The maximum Gasteiger partial charge on any atom is 0.0364 e. The van der Waals surface area contributed by atoms with Crippen LogP contribution in [0.1, 0.15) is 25.8 Å². The lowest BCUT2D eigenvalue weighted by molar-refractivity contribution is 0.273. The molecular formula is C14H25N3. The number of anilines is 2. The highest BCUT2D eigenvalue weighted by Gasteiger charge is 2.02. The third-order valence-corrected chi connectivity index (χ3v) is 3.18. The second-order valence-corrected chi connectivity index (χ2v) is 4.93. The molecule has 0 aliphatic heterocycles. The minimum Gasteiger partial charge on any atom is -0.398 e. The van der Waals surface area contributed by atoms with Crippen molar-refractivity contribution < 1.29 is 0 Å². The predicted molar refractivity (Wildman–Crippen MR) is 76.5 cm³/mol. The predicted octanol–water partition coefficient (Wildman–Crippen LogP) is 2.72. The van der Waals surface area contributed by atoms with Crippen LogP contribution < -0.4 is 11.1 Å². The molecule has 3 N–H and O–H groups in total. The van der Waals surface area contributed by atoms with E-state index in [1.165, 1.54) is 0 Å². The zero-order chi connectivity index (χ0) is 12.8. The number of aryl methyl sites for hydroxylation is 1. The molecule has 0 heterocycles. The Balaban J connectivity index is 2.29. The Morgan fingerprint density at radius 1 is 1.35 bits per heavy atom. The van der Waals surface area contributed by atoms with Crippen LogP contribution >= 0.6 is 0 Å². The SMILES string of the molecule is Cc1ccc(NCCCN(C)C(C)C)cc1N. The van der Waals surface area contributed by atoms with Gasteiger partial charge in [0.05, 0.1) is 0 Å². The van der Waals surface area contributed by atoms with Gasteiger partial charge < -0.3 is 16.0 Å². The Kier molecular flexibility index (Phi) is 5.29. The summed E-state index contributed by atoms with van der Waals surface area (Å²) >= 11 is 0. The number of hydrogen-bond acceptors (Lipinski definition) is 3. The summed E-state index contributed by atoms with van der Waals surface area (Å²) in [5, 5.41) is 3.40. The highest BCUT2D eigenvalue weighted by atomic mass is 15.1. The molecule has 1 aromatic rings. The van der Waals surface area contributed by atoms with Crippen LogP contribution in [0.4, 0.5) is 11.4 Å². The van der Waals surface area contributed by atoms with Gasteiger partial charge in [-0.2, -0.15) is 0 Å². The molecule has 0 spiro atoms. The van der Waals surface area contributed by atoms with Gasteiger partial charge in [0.2, 0.25) is 0 Å². The third kappa shape index (κ3) is 4.65. The summed E-state index contributed by atoms with van der Waals surface area (Å²) in [6.45, 7) is 8.56. The molecule has 0 saturated heterocycles. The fourth-order valence-corrected chi connectivity index (χ4v) is 1.57. The van der Waals surface area contributed by atoms with E-state index in [-0.39, 0.29) is 0 Å². The summed E-state index contributed by atoms with van der Waals surface area (Å²) in [6, 6.07) is 6.75. The molecule has 0 fully saturated rings. The van der Waals surface area contributed by atoms with Crippen LogP contribution in [0.2, 0.25) is 0 Å². The summed E-state index contributed by atoms with van der Waals surface area (Å²) in [5.41, 5.74) is 8.97. The molecule has 0 radical (unpaired) electrons. The van der Waals surface area contributed by atoms with E-state index in [1.807, 2.05) is 13.0 Å². The molecule has 0 aromatic heterocycles. The van der Waals surface area contributed by atoms with Gasteiger partial charge in [-0.1, -0.05) is 6.07 Å². The van der Waals surface area contributed by atoms with Crippen LogP contribution in [0, 0.1) is 6.92 Å². The highest BCUT2D eigenvalue weighted by Crippen LogP contribution is 2.16. The number of nitrogens with two attached hydrogens (primary N) is 1. The van der Waals surface area contributed by atoms with E-state index in [1.54, 1.807) is 0 Å². The average molecular weight is 235 g/mol. The monoisotopic (exact) mass is 235 g/mol. The quantitative estimate of drug-likeness (QED) is 0.588. The molecule has 0 aliphatic carbocycles. The number of nitrogens with zero attached hydrogens (tertiary/aromatic N) is 1. The molecule has 96 valence electrons. The number of nitrogen functional groups attached to an aromatic ring is 1. The maximum absolute atomic E-state index is 5.86. The van der Waals surface area contributed by atoms with E-state index in [9.17, 15) is 0 Å². The van der Waals surface area contributed by atoms with Crippen molar-refractivity contribution in [2.24, 2.45) is 0 Å². The molecule has 0 atom stereocenters. The highest BCUT2D eigenvalue weighted by molar-refractivity contribution is 5.58. The van der Waals surface area contributed by atoms with E-state index in [0.717, 1.165) is 36.4 Å². The van der Waals surface area contributed by atoms with E-state index in [2.05, 4.69) is 43.2 Å². The van der Waals surface area contributed by atoms with Crippen molar-refractivity contribution >= 4 is 11.4 Å². The fraction of sp³-hybridized carbons (Fsp3) is 0.571. The van der Waals surface area contributed by atoms with Crippen LogP contribution in [0.25, 0.3) is 0 Å². The Labute approximate surface area is 105 Å². The minimum absolute atomic E-state index is 0.616. The van der Waals surface area contributed by atoms with Crippen LogP contribution in [0.5, 0.6) is 0 Å². The van der Waals surface area contributed by atoms with Gasteiger partial charge in [0.15, 0.2) is 0 Å². The lowest BCUT2D eigenvalue weighted by Gasteiger charge is -2.20. The molecule has 0 bridgehead atoms. The largest absolute Gasteiger partial charge is 0.398 e. The molecule has 0 saturated carbocycles. The summed E-state index contributed by atoms with van der Waals surface area (Å²) in [7, 11) is 2.16. The standard InChI is InChI=1S/C14H25N3/c1-11(2)17(4)9-5-8-16-13-7-6-12(3)14(15)10-13/h6-7,10-11,16H,5,8-9,15H2,1-4H3. The Morgan fingerprint density at radius 2 is 2.06 bits per heavy atom. The van der Waals surface area contributed by atoms with Crippen LogP contribution in [-0.2, 0) is 0 Å². The topological polar surface area (TPSA) is 41.3 Å². The van der Waals surface area contributed by atoms with E-state index >= 15 is 0 Å². The van der Waals surface area contributed by atoms with Crippen LogP contribution in [0.3, 0.4) is 0 Å². The summed E-state index contributed by atoms with van der Waals surface area (Å²) in [6.07, 6.45) is 1.14. The van der Waals surface area contributed by atoms with Gasteiger partial charge in [0.25, 0.3) is 0 Å². The lowest BCUT2D eigenvalue weighted by atomic mass is 10.2. The van der Waals surface area contributed by atoms with Gasteiger partial charge >= 0.3 is 0 Å². The van der Waals surface area contributed by atoms with Gasteiger partial charge in [0, 0.05) is 24.0 Å². The van der Waals surface area contributed by atoms with Gasteiger partial charge in [-0.25, -0.2) is 0 Å². The van der Waals surface area contributed by atoms with Crippen molar-refractivity contribution in [3.8, 4) is 0 Å². The Bertz CT molecular complexity index is 347. The molecule has 3 heteroatoms. The molecule has 0 unspecified atom stereocenters. The van der Waals surface area contributed by atoms with Gasteiger partial charge in [-0.3, -0.25) is 0 Å². The fourth-order valence-electron chi connectivity index (χ4n) is 1.57. The van der Waals surface area contributed by atoms with Crippen LogP contribution in [0.15, 0.2) is 18.2 Å². The number of benzene rings is 1. The van der Waals surface area contributed by atoms with Gasteiger partial charge in [0.1, 0.15) is 0 Å². The Morgan fingerprint density at radius 3 is 2.65 bits per heavy atom. The molecule has 3 nitrogen and oxygen atoms in total. The number of rotatable bonds is 6. The number of nitrogens with one attached hydrogen (secondary N) is 1. The van der Waals surface area contributed by atoms with Crippen molar-refractivity contribution in [3.63, 3.8) is 0 Å². The lowest BCUT2D eigenvalue weighted by Crippen LogP contribution is -2.28. The van der Waals surface area contributed by atoms with E-state index in [4.69, 9.17) is 5.73 Å². The van der Waals surface area contributed by atoms with Crippen LogP contribution in [-0.4, -0.2) is 31.1 Å². The van der Waals surface area contributed by atoms with Gasteiger partial charge in [-0.05, 0) is 58.5 Å². The second kappa shape index (κ2) is 6.50. The molecule has 0 amide bonds.